The standard InChI is InChI=1S/C20H23N5OS/c1-5-18-22-17-8-6-7-16(10-9-15-13-21-24(4)14-15)19(17)20(26)25(18)11-12-27-23(2)3/h6-8,13-14H,5,11-12H2,1-4H3. The van der Waals surface area contributed by atoms with E-state index in [1.54, 1.807) is 27.4 Å². The van der Waals surface area contributed by atoms with E-state index >= 15 is 0 Å². The van der Waals surface area contributed by atoms with E-state index in [4.69, 9.17) is 4.98 Å². The SMILES string of the molecule is CCc1nc2cccc(C#Cc3cnn(C)c3)c2c(=O)n1CCSN(C)C. The Hall–Kier alpha value is -2.56. The lowest BCUT2D eigenvalue weighted by atomic mass is 10.1. The Balaban J connectivity index is 2.08. The van der Waals surface area contributed by atoms with Crippen LogP contribution < -0.4 is 5.56 Å². The molecule has 6 nitrogen and oxygen atoms in total. The summed E-state index contributed by atoms with van der Waals surface area (Å²) >= 11 is 1.68. The van der Waals surface area contributed by atoms with Crippen LogP contribution in [-0.4, -0.2) is 43.5 Å². The van der Waals surface area contributed by atoms with Crippen molar-refractivity contribution in [3.63, 3.8) is 0 Å². The highest BCUT2D eigenvalue weighted by molar-refractivity contribution is 7.96. The Labute approximate surface area is 163 Å². The zero-order valence-electron chi connectivity index (χ0n) is 16.1. The van der Waals surface area contributed by atoms with Crippen LogP contribution in [0.25, 0.3) is 10.9 Å². The molecule has 0 fully saturated rings. The predicted octanol–water partition coefficient (Wildman–Crippen LogP) is 2.30. The smallest absolute Gasteiger partial charge is 0.262 e. The minimum Gasteiger partial charge on any atom is -0.295 e. The minimum absolute atomic E-state index is 0.0210. The minimum atomic E-state index is -0.0210. The van der Waals surface area contributed by atoms with E-state index in [2.05, 4.69) is 16.9 Å². The molecule has 0 saturated carbocycles. The van der Waals surface area contributed by atoms with Gasteiger partial charge in [0.05, 0.1) is 22.7 Å². The van der Waals surface area contributed by atoms with Gasteiger partial charge >= 0.3 is 0 Å². The number of rotatable bonds is 5. The third-order valence-electron chi connectivity index (χ3n) is 4.09. The van der Waals surface area contributed by atoms with E-state index in [0.29, 0.717) is 29.4 Å². The number of nitrogens with zero attached hydrogens (tertiary/aromatic N) is 5. The van der Waals surface area contributed by atoms with Gasteiger partial charge in [-0.1, -0.05) is 36.8 Å². The first-order chi connectivity index (χ1) is 13.0. The van der Waals surface area contributed by atoms with E-state index in [9.17, 15) is 4.79 Å². The van der Waals surface area contributed by atoms with Crippen LogP contribution >= 0.6 is 11.9 Å². The first kappa shape index (κ1) is 19.2. The van der Waals surface area contributed by atoms with Gasteiger partial charge in [0.2, 0.25) is 0 Å². The van der Waals surface area contributed by atoms with E-state index < -0.39 is 0 Å². The van der Waals surface area contributed by atoms with Gasteiger partial charge in [0, 0.05) is 37.5 Å². The van der Waals surface area contributed by atoms with E-state index in [0.717, 1.165) is 17.1 Å². The molecule has 0 aliphatic carbocycles. The van der Waals surface area contributed by atoms with E-state index in [1.807, 2.05) is 56.8 Å². The largest absolute Gasteiger partial charge is 0.295 e. The van der Waals surface area contributed by atoms with Gasteiger partial charge in [0.15, 0.2) is 0 Å². The summed E-state index contributed by atoms with van der Waals surface area (Å²) in [4.78, 5) is 18.0. The summed E-state index contributed by atoms with van der Waals surface area (Å²) in [5.41, 5.74) is 2.19. The highest BCUT2D eigenvalue weighted by atomic mass is 32.2. The molecule has 0 radical (unpaired) electrons. The molecule has 0 N–H and O–H groups in total. The summed E-state index contributed by atoms with van der Waals surface area (Å²) in [6, 6.07) is 5.65. The van der Waals surface area contributed by atoms with Crippen LogP contribution in [0, 0.1) is 11.8 Å². The van der Waals surface area contributed by atoms with Gasteiger partial charge < -0.3 is 0 Å². The fraction of sp³-hybridized carbons (Fsp3) is 0.350. The average Bonchev–Trinajstić information content (AvgIpc) is 3.06. The number of aromatic nitrogens is 4. The van der Waals surface area contributed by atoms with Crippen molar-refractivity contribution in [2.75, 3.05) is 19.8 Å². The lowest BCUT2D eigenvalue weighted by Gasteiger charge is -2.14. The van der Waals surface area contributed by atoms with Crippen molar-refractivity contribution in [1.82, 2.24) is 23.6 Å². The fourth-order valence-electron chi connectivity index (χ4n) is 2.85. The van der Waals surface area contributed by atoms with Crippen molar-refractivity contribution < 1.29 is 0 Å². The summed E-state index contributed by atoms with van der Waals surface area (Å²) in [5.74, 6) is 7.84. The maximum absolute atomic E-state index is 13.2. The molecule has 0 bridgehead atoms. The van der Waals surface area contributed by atoms with Crippen LogP contribution in [-0.2, 0) is 20.0 Å². The van der Waals surface area contributed by atoms with Gasteiger partial charge in [-0.25, -0.2) is 4.98 Å². The molecule has 3 aromatic rings. The Bertz CT molecular complexity index is 1070. The third kappa shape index (κ3) is 4.41. The van der Waals surface area contributed by atoms with Crippen LogP contribution in [0.4, 0.5) is 0 Å². The van der Waals surface area contributed by atoms with Crippen LogP contribution in [0.15, 0.2) is 35.4 Å². The van der Waals surface area contributed by atoms with Crippen LogP contribution in [0.3, 0.4) is 0 Å². The van der Waals surface area contributed by atoms with Gasteiger partial charge in [-0.2, -0.15) is 5.10 Å². The Morgan fingerprint density at radius 1 is 1.26 bits per heavy atom. The maximum Gasteiger partial charge on any atom is 0.262 e. The Morgan fingerprint density at radius 2 is 2.07 bits per heavy atom. The molecule has 2 aromatic heterocycles. The number of hydrogen-bond donors (Lipinski definition) is 0. The molecule has 0 amide bonds. The topological polar surface area (TPSA) is 56.0 Å². The van der Waals surface area contributed by atoms with Crippen molar-refractivity contribution in [2.24, 2.45) is 7.05 Å². The lowest BCUT2D eigenvalue weighted by Crippen LogP contribution is -2.27. The average molecular weight is 382 g/mol. The zero-order valence-corrected chi connectivity index (χ0v) is 16.9. The van der Waals surface area contributed by atoms with Crippen molar-refractivity contribution in [3.8, 4) is 11.8 Å². The highest BCUT2D eigenvalue weighted by Gasteiger charge is 2.12. The molecule has 140 valence electrons. The highest BCUT2D eigenvalue weighted by Crippen LogP contribution is 2.15. The Kier molecular flexibility index (Phi) is 5.99. The summed E-state index contributed by atoms with van der Waals surface area (Å²) in [6.45, 7) is 2.65. The molecular formula is C20H23N5OS. The van der Waals surface area contributed by atoms with Crippen molar-refractivity contribution in [1.29, 1.82) is 0 Å². The number of hydrogen-bond acceptors (Lipinski definition) is 5. The summed E-state index contributed by atoms with van der Waals surface area (Å²) in [5, 5.41) is 4.71. The van der Waals surface area contributed by atoms with Gasteiger partial charge in [-0.05, 0) is 26.2 Å². The first-order valence-electron chi connectivity index (χ1n) is 8.83. The molecule has 0 aliphatic rings. The van der Waals surface area contributed by atoms with Crippen LogP contribution in [0.5, 0.6) is 0 Å². The molecule has 0 unspecified atom stereocenters. The first-order valence-corrected chi connectivity index (χ1v) is 9.77. The molecule has 27 heavy (non-hydrogen) atoms. The maximum atomic E-state index is 13.2. The van der Waals surface area contributed by atoms with Crippen molar-refractivity contribution in [2.45, 2.75) is 19.9 Å². The second kappa shape index (κ2) is 8.42. The molecule has 0 aliphatic heterocycles. The summed E-state index contributed by atoms with van der Waals surface area (Å²) < 4.78 is 5.53. The monoisotopic (exact) mass is 381 g/mol. The summed E-state index contributed by atoms with van der Waals surface area (Å²) in [7, 11) is 5.85. The quantitative estimate of drug-likeness (QED) is 0.501. The van der Waals surface area contributed by atoms with Crippen LogP contribution in [0.1, 0.15) is 23.9 Å². The number of aryl methyl sites for hydroxylation is 2. The Morgan fingerprint density at radius 3 is 2.74 bits per heavy atom. The van der Waals surface area contributed by atoms with Gasteiger partial charge in [-0.3, -0.25) is 18.3 Å². The number of fused-ring (bicyclic) bond motifs is 1. The van der Waals surface area contributed by atoms with Crippen molar-refractivity contribution >= 4 is 22.9 Å². The molecule has 1 aromatic carbocycles. The second-order valence-electron chi connectivity index (χ2n) is 6.34. The van der Waals surface area contributed by atoms with Gasteiger partial charge in [0.1, 0.15) is 5.82 Å². The van der Waals surface area contributed by atoms with E-state index in [1.165, 1.54) is 0 Å². The fourth-order valence-corrected chi connectivity index (χ4v) is 3.48. The third-order valence-corrected chi connectivity index (χ3v) is 4.97. The normalized spacial score (nSPS) is 11.0. The second-order valence-corrected chi connectivity index (χ2v) is 7.73. The van der Waals surface area contributed by atoms with Gasteiger partial charge in [-0.15, -0.1) is 0 Å². The predicted molar refractivity (Wildman–Crippen MR) is 111 cm³/mol. The summed E-state index contributed by atoms with van der Waals surface area (Å²) in [6.07, 6.45) is 4.27. The molecule has 2 heterocycles. The van der Waals surface area contributed by atoms with Gasteiger partial charge in [0.25, 0.3) is 5.56 Å². The molecule has 0 spiro atoms. The molecule has 7 heteroatoms. The molecular weight excluding hydrogens is 358 g/mol. The molecule has 0 saturated heterocycles. The molecule has 3 rings (SSSR count). The number of benzene rings is 1. The van der Waals surface area contributed by atoms with Crippen molar-refractivity contribution in [3.05, 3.63) is 57.9 Å². The zero-order chi connectivity index (χ0) is 19.4. The molecule has 0 atom stereocenters. The van der Waals surface area contributed by atoms with Crippen LogP contribution in [0.2, 0.25) is 0 Å². The lowest BCUT2D eigenvalue weighted by molar-refractivity contribution is 0.653. The van der Waals surface area contributed by atoms with E-state index in [-0.39, 0.29) is 5.56 Å².